The average molecular weight is 399 g/mol. The van der Waals surface area contributed by atoms with Gasteiger partial charge in [0.2, 0.25) is 0 Å². The van der Waals surface area contributed by atoms with Crippen LogP contribution < -0.4 is 0 Å². The Bertz CT molecular complexity index is 1280. The minimum absolute atomic E-state index is 0.0303. The van der Waals surface area contributed by atoms with Crippen molar-refractivity contribution in [2.24, 2.45) is 0 Å². The van der Waals surface area contributed by atoms with Gasteiger partial charge < -0.3 is 19.6 Å². The number of aromatic nitrogens is 2. The monoisotopic (exact) mass is 399 g/mol. The number of ether oxygens (including phenoxy) is 1. The SMILES string of the molecule is C#CCN(CC(=O)OC)C(=O)c1ccc2c(Cc3c[nH]c4ccccc34)c[nH]c2c1. The molecule has 1 amide bonds. The van der Waals surface area contributed by atoms with E-state index in [4.69, 9.17) is 6.42 Å². The minimum atomic E-state index is -0.513. The van der Waals surface area contributed by atoms with E-state index in [-0.39, 0.29) is 19.0 Å². The summed E-state index contributed by atoms with van der Waals surface area (Å²) in [6.07, 6.45) is 10.1. The molecule has 150 valence electrons. The van der Waals surface area contributed by atoms with Crippen molar-refractivity contribution >= 4 is 33.7 Å². The molecule has 0 bridgehead atoms. The van der Waals surface area contributed by atoms with Crippen LogP contribution in [0.25, 0.3) is 21.8 Å². The van der Waals surface area contributed by atoms with E-state index in [0.717, 1.165) is 28.4 Å². The number of esters is 1. The predicted molar refractivity (Wildman–Crippen MR) is 116 cm³/mol. The van der Waals surface area contributed by atoms with Gasteiger partial charge in [0.15, 0.2) is 0 Å². The molecule has 0 radical (unpaired) electrons. The molecule has 2 heterocycles. The van der Waals surface area contributed by atoms with Gasteiger partial charge in [0.1, 0.15) is 6.54 Å². The first-order valence-electron chi connectivity index (χ1n) is 9.55. The smallest absolute Gasteiger partial charge is 0.325 e. The Kier molecular flexibility index (Phi) is 5.27. The highest BCUT2D eigenvalue weighted by atomic mass is 16.5. The van der Waals surface area contributed by atoms with Crippen LogP contribution in [0, 0.1) is 12.3 Å². The Hall–Kier alpha value is -3.98. The first-order chi connectivity index (χ1) is 14.6. The van der Waals surface area contributed by atoms with Crippen LogP contribution in [-0.4, -0.2) is 46.9 Å². The number of amides is 1. The Morgan fingerprint density at radius 1 is 1.03 bits per heavy atom. The number of terminal acetylenes is 1. The van der Waals surface area contributed by atoms with Crippen LogP contribution in [-0.2, 0) is 16.0 Å². The molecule has 2 aromatic heterocycles. The van der Waals surface area contributed by atoms with E-state index < -0.39 is 5.97 Å². The van der Waals surface area contributed by atoms with Crippen molar-refractivity contribution in [1.82, 2.24) is 14.9 Å². The van der Waals surface area contributed by atoms with Crippen molar-refractivity contribution in [1.29, 1.82) is 0 Å². The summed E-state index contributed by atoms with van der Waals surface area (Å²) < 4.78 is 4.66. The van der Waals surface area contributed by atoms with Crippen LogP contribution in [0.1, 0.15) is 21.5 Å². The zero-order valence-corrected chi connectivity index (χ0v) is 16.6. The molecule has 0 atom stereocenters. The van der Waals surface area contributed by atoms with Gasteiger partial charge in [0.05, 0.1) is 13.7 Å². The zero-order chi connectivity index (χ0) is 21.1. The Balaban J connectivity index is 1.61. The van der Waals surface area contributed by atoms with E-state index in [2.05, 4.69) is 32.8 Å². The van der Waals surface area contributed by atoms with Crippen molar-refractivity contribution in [3.63, 3.8) is 0 Å². The van der Waals surface area contributed by atoms with Crippen LogP contribution in [0.15, 0.2) is 54.9 Å². The van der Waals surface area contributed by atoms with Gasteiger partial charge in [-0.2, -0.15) is 0 Å². The molecule has 0 unspecified atom stereocenters. The number of carbonyl (C=O) groups is 2. The lowest BCUT2D eigenvalue weighted by Gasteiger charge is -2.18. The van der Waals surface area contributed by atoms with Crippen LogP contribution in [0.3, 0.4) is 0 Å². The molecule has 0 aliphatic carbocycles. The Morgan fingerprint density at radius 3 is 2.47 bits per heavy atom. The molecular formula is C24H21N3O3. The maximum Gasteiger partial charge on any atom is 0.325 e. The summed E-state index contributed by atoms with van der Waals surface area (Å²) in [5.41, 5.74) is 4.78. The summed E-state index contributed by atoms with van der Waals surface area (Å²) in [7, 11) is 1.28. The standard InChI is InChI=1S/C24H21N3O3/c1-3-10-27(15-23(28)30-2)24(29)16-8-9-20-18(14-26-22(20)12-16)11-17-13-25-21-7-5-4-6-19(17)21/h1,4-9,12-14,25-26H,10-11,15H2,2H3. The summed E-state index contributed by atoms with van der Waals surface area (Å²) in [5, 5.41) is 2.25. The predicted octanol–water partition coefficient (Wildman–Crippen LogP) is 3.49. The highest BCUT2D eigenvalue weighted by molar-refractivity contribution is 6.00. The Morgan fingerprint density at radius 2 is 1.73 bits per heavy atom. The van der Waals surface area contributed by atoms with Gasteiger partial charge in [-0.1, -0.05) is 30.2 Å². The van der Waals surface area contributed by atoms with Crippen molar-refractivity contribution in [3.8, 4) is 12.3 Å². The number of rotatable bonds is 6. The van der Waals surface area contributed by atoms with Crippen molar-refractivity contribution < 1.29 is 14.3 Å². The number of methoxy groups -OCH3 is 1. The number of hydrogen-bond donors (Lipinski definition) is 2. The van der Waals surface area contributed by atoms with Gasteiger partial charge in [0.25, 0.3) is 5.91 Å². The summed E-state index contributed by atoms with van der Waals surface area (Å²) in [4.78, 5) is 32.3. The number of benzene rings is 2. The van der Waals surface area contributed by atoms with Gasteiger partial charge in [0, 0.05) is 46.2 Å². The second-order valence-electron chi connectivity index (χ2n) is 7.05. The minimum Gasteiger partial charge on any atom is -0.468 e. The number of fused-ring (bicyclic) bond motifs is 2. The third kappa shape index (κ3) is 3.65. The summed E-state index contributed by atoms with van der Waals surface area (Å²) in [6, 6.07) is 13.7. The van der Waals surface area contributed by atoms with Crippen LogP contribution in [0.4, 0.5) is 0 Å². The van der Waals surface area contributed by atoms with Gasteiger partial charge in [-0.05, 0) is 29.3 Å². The molecule has 0 spiro atoms. The van der Waals surface area contributed by atoms with Crippen molar-refractivity contribution in [2.75, 3.05) is 20.2 Å². The van der Waals surface area contributed by atoms with E-state index in [9.17, 15) is 9.59 Å². The molecule has 6 nitrogen and oxygen atoms in total. The average Bonchev–Trinajstić information content (AvgIpc) is 3.37. The number of para-hydroxylation sites is 1. The fourth-order valence-electron chi connectivity index (χ4n) is 3.66. The highest BCUT2D eigenvalue weighted by Gasteiger charge is 2.19. The summed E-state index contributed by atoms with van der Waals surface area (Å²) >= 11 is 0. The van der Waals surface area contributed by atoms with Crippen molar-refractivity contribution in [3.05, 3.63) is 71.5 Å². The van der Waals surface area contributed by atoms with E-state index in [1.807, 2.05) is 30.6 Å². The van der Waals surface area contributed by atoms with Crippen LogP contribution in [0.5, 0.6) is 0 Å². The number of nitrogens with one attached hydrogen (secondary N) is 2. The van der Waals surface area contributed by atoms with Gasteiger partial charge in [-0.15, -0.1) is 6.42 Å². The third-order valence-corrected chi connectivity index (χ3v) is 5.19. The Labute approximate surface area is 173 Å². The number of carbonyl (C=O) groups excluding carboxylic acids is 2. The third-order valence-electron chi connectivity index (χ3n) is 5.19. The molecule has 2 aromatic carbocycles. The van der Waals surface area contributed by atoms with Gasteiger partial charge in [-0.25, -0.2) is 0 Å². The lowest BCUT2D eigenvalue weighted by Crippen LogP contribution is -2.36. The largest absolute Gasteiger partial charge is 0.468 e. The quantitative estimate of drug-likeness (QED) is 0.385. The lowest BCUT2D eigenvalue weighted by atomic mass is 10.0. The normalized spacial score (nSPS) is 10.8. The molecule has 2 N–H and O–H groups in total. The summed E-state index contributed by atoms with van der Waals surface area (Å²) in [5.74, 6) is 1.59. The van der Waals surface area contributed by atoms with E-state index >= 15 is 0 Å². The molecule has 6 heteroatoms. The molecule has 0 aliphatic heterocycles. The molecule has 0 fully saturated rings. The molecule has 30 heavy (non-hydrogen) atoms. The summed E-state index contributed by atoms with van der Waals surface area (Å²) in [6.45, 7) is -0.156. The molecule has 0 saturated heterocycles. The van der Waals surface area contributed by atoms with E-state index in [1.165, 1.54) is 23.0 Å². The first kappa shape index (κ1) is 19.3. The lowest BCUT2D eigenvalue weighted by molar-refractivity contribution is -0.141. The fraction of sp³-hybridized carbons (Fsp3) is 0.167. The maximum atomic E-state index is 12.8. The molecule has 4 aromatic rings. The molecular weight excluding hydrogens is 378 g/mol. The van der Waals surface area contributed by atoms with Gasteiger partial charge >= 0.3 is 5.97 Å². The van der Waals surface area contributed by atoms with E-state index in [1.54, 1.807) is 12.1 Å². The first-order valence-corrected chi connectivity index (χ1v) is 9.55. The van der Waals surface area contributed by atoms with Gasteiger partial charge in [-0.3, -0.25) is 9.59 Å². The van der Waals surface area contributed by atoms with Crippen molar-refractivity contribution in [2.45, 2.75) is 6.42 Å². The fourth-order valence-corrected chi connectivity index (χ4v) is 3.66. The second-order valence-corrected chi connectivity index (χ2v) is 7.05. The highest BCUT2D eigenvalue weighted by Crippen LogP contribution is 2.26. The molecule has 0 saturated carbocycles. The number of H-pyrrole nitrogens is 2. The molecule has 0 aliphatic rings. The maximum absolute atomic E-state index is 12.8. The van der Waals surface area contributed by atoms with Crippen LogP contribution in [0.2, 0.25) is 0 Å². The molecule has 4 rings (SSSR count). The zero-order valence-electron chi connectivity index (χ0n) is 16.6. The van der Waals surface area contributed by atoms with E-state index in [0.29, 0.717) is 5.56 Å². The number of aromatic amines is 2. The second kappa shape index (κ2) is 8.18. The topological polar surface area (TPSA) is 78.2 Å². The number of hydrogen-bond acceptors (Lipinski definition) is 3. The number of nitrogens with zero attached hydrogens (tertiary/aromatic N) is 1. The van der Waals surface area contributed by atoms with Crippen LogP contribution >= 0.6 is 0 Å².